The third-order valence-corrected chi connectivity index (χ3v) is 6.71. The molecule has 3 rings (SSSR count). The number of likely N-dealkylation sites (tertiary alicyclic amines) is 1. The van der Waals surface area contributed by atoms with Gasteiger partial charge in [-0.1, -0.05) is 12.1 Å². The summed E-state index contributed by atoms with van der Waals surface area (Å²) < 4.78 is 18.9. The Labute approximate surface area is 211 Å². The van der Waals surface area contributed by atoms with Crippen molar-refractivity contribution in [2.24, 2.45) is 5.73 Å². The molecule has 1 aliphatic heterocycles. The molecule has 36 heavy (non-hydrogen) atoms. The summed E-state index contributed by atoms with van der Waals surface area (Å²) in [6, 6.07) is 12.6. The quantitative estimate of drug-likeness (QED) is 0.574. The number of alkyl halides is 1. The molecule has 8 nitrogen and oxygen atoms in total. The molecule has 0 spiro atoms. The number of nitrogens with two attached hydrogens (primary N) is 1. The first kappa shape index (κ1) is 27.1. The number of rotatable bonds is 9. The molecule has 1 fully saturated rings. The SMILES string of the molecule is CCN(CC)C(=O)[C@@H](c1ccc(N(C)C(=O)c2ccc(OC)cc2)cc1)[C@H](N)C(=O)N1CC[C@H](F)C1. The van der Waals surface area contributed by atoms with Crippen molar-refractivity contribution in [3.05, 3.63) is 59.7 Å². The summed E-state index contributed by atoms with van der Waals surface area (Å²) in [5.41, 5.74) is 8.06. The minimum absolute atomic E-state index is 0.00405. The van der Waals surface area contributed by atoms with E-state index in [1.807, 2.05) is 13.8 Å². The van der Waals surface area contributed by atoms with Crippen LogP contribution in [0.15, 0.2) is 48.5 Å². The molecule has 1 aliphatic rings. The van der Waals surface area contributed by atoms with Gasteiger partial charge in [-0.2, -0.15) is 0 Å². The Hall–Kier alpha value is -3.46. The molecule has 9 heteroatoms. The van der Waals surface area contributed by atoms with Crippen LogP contribution in [0.4, 0.5) is 10.1 Å². The second-order valence-corrected chi connectivity index (χ2v) is 8.87. The van der Waals surface area contributed by atoms with E-state index in [0.29, 0.717) is 35.7 Å². The van der Waals surface area contributed by atoms with E-state index in [4.69, 9.17) is 10.5 Å². The van der Waals surface area contributed by atoms with Gasteiger partial charge >= 0.3 is 0 Å². The Kier molecular flexibility index (Phi) is 9.03. The van der Waals surface area contributed by atoms with E-state index >= 15 is 0 Å². The summed E-state index contributed by atoms with van der Waals surface area (Å²) in [5.74, 6) is -1.16. The number of carbonyl (C=O) groups is 3. The molecule has 194 valence electrons. The lowest BCUT2D eigenvalue weighted by atomic mass is 9.89. The van der Waals surface area contributed by atoms with E-state index in [0.717, 1.165) is 0 Å². The number of anilines is 1. The summed E-state index contributed by atoms with van der Waals surface area (Å²) in [5, 5.41) is 0. The second kappa shape index (κ2) is 12.0. The fraction of sp³-hybridized carbons (Fsp3) is 0.444. The van der Waals surface area contributed by atoms with Gasteiger partial charge in [-0.05, 0) is 62.2 Å². The van der Waals surface area contributed by atoms with Crippen molar-refractivity contribution in [3.63, 3.8) is 0 Å². The van der Waals surface area contributed by atoms with Crippen LogP contribution in [-0.4, -0.2) is 80.1 Å². The maximum atomic E-state index is 13.7. The number of amides is 3. The first-order chi connectivity index (χ1) is 17.2. The van der Waals surface area contributed by atoms with Crippen molar-refractivity contribution in [2.45, 2.75) is 38.4 Å². The smallest absolute Gasteiger partial charge is 0.258 e. The largest absolute Gasteiger partial charge is 0.497 e. The number of benzene rings is 2. The molecular weight excluding hydrogens is 463 g/mol. The molecular formula is C27H35FN4O4. The lowest BCUT2D eigenvalue weighted by Crippen LogP contribution is -2.51. The summed E-state index contributed by atoms with van der Waals surface area (Å²) in [6.07, 6.45) is -0.799. The summed E-state index contributed by atoms with van der Waals surface area (Å²) in [6.45, 7) is 4.96. The van der Waals surface area contributed by atoms with Crippen LogP contribution < -0.4 is 15.4 Å². The normalized spacial score (nSPS) is 16.8. The van der Waals surface area contributed by atoms with Gasteiger partial charge in [0.2, 0.25) is 11.8 Å². The van der Waals surface area contributed by atoms with Crippen LogP contribution in [0.25, 0.3) is 0 Å². The van der Waals surface area contributed by atoms with Crippen molar-refractivity contribution in [1.82, 2.24) is 9.80 Å². The van der Waals surface area contributed by atoms with Crippen molar-refractivity contribution in [1.29, 1.82) is 0 Å². The molecule has 2 aromatic carbocycles. The maximum Gasteiger partial charge on any atom is 0.258 e. The predicted octanol–water partition coefficient (Wildman–Crippen LogP) is 2.82. The zero-order chi connectivity index (χ0) is 26.4. The van der Waals surface area contributed by atoms with Crippen molar-refractivity contribution in [3.8, 4) is 5.75 Å². The van der Waals surface area contributed by atoms with Crippen LogP contribution in [0.5, 0.6) is 5.75 Å². The zero-order valence-electron chi connectivity index (χ0n) is 21.3. The topological polar surface area (TPSA) is 96.2 Å². The maximum absolute atomic E-state index is 13.7. The Morgan fingerprint density at radius 2 is 1.69 bits per heavy atom. The Morgan fingerprint density at radius 3 is 2.19 bits per heavy atom. The van der Waals surface area contributed by atoms with Crippen LogP contribution in [-0.2, 0) is 9.59 Å². The first-order valence-electron chi connectivity index (χ1n) is 12.2. The van der Waals surface area contributed by atoms with Gasteiger partial charge in [0.25, 0.3) is 5.91 Å². The van der Waals surface area contributed by atoms with Crippen LogP contribution in [0, 0.1) is 0 Å². The molecule has 0 saturated carbocycles. The fourth-order valence-corrected chi connectivity index (χ4v) is 4.46. The number of nitrogens with zero attached hydrogens (tertiary/aromatic N) is 3. The van der Waals surface area contributed by atoms with Crippen LogP contribution in [0.1, 0.15) is 42.1 Å². The Bertz CT molecular complexity index is 1060. The molecule has 3 amide bonds. The van der Waals surface area contributed by atoms with Gasteiger partial charge in [0.05, 0.1) is 19.6 Å². The molecule has 0 unspecified atom stereocenters. The van der Waals surface area contributed by atoms with E-state index in [1.165, 1.54) is 9.80 Å². The molecule has 0 aromatic heterocycles. The summed E-state index contributed by atoms with van der Waals surface area (Å²) in [4.78, 5) is 44.0. The number of hydrogen-bond donors (Lipinski definition) is 1. The summed E-state index contributed by atoms with van der Waals surface area (Å²) >= 11 is 0. The highest BCUT2D eigenvalue weighted by molar-refractivity contribution is 6.05. The lowest BCUT2D eigenvalue weighted by molar-refractivity contribution is -0.139. The van der Waals surface area contributed by atoms with Crippen molar-refractivity contribution < 1.29 is 23.5 Å². The number of carbonyl (C=O) groups excluding carboxylic acids is 3. The van der Waals surface area contributed by atoms with Crippen molar-refractivity contribution in [2.75, 3.05) is 45.2 Å². The zero-order valence-corrected chi connectivity index (χ0v) is 21.3. The highest BCUT2D eigenvalue weighted by Crippen LogP contribution is 2.27. The molecule has 3 atom stereocenters. The van der Waals surface area contributed by atoms with Crippen molar-refractivity contribution >= 4 is 23.4 Å². The Balaban J connectivity index is 1.86. The number of halogens is 1. The van der Waals surface area contributed by atoms with Gasteiger partial charge in [-0.3, -0.25) is 14.4 Å². The molecule has 2 aromatic rings. The van der Waals surface area contributed by atoms with E-state index < -0.39 is 24.0 Å². The van der Waals surface area contributed by atoms with E-state index in [1.54, 1.807) is 67.6 Å². The highest BCUT2D eigenvalue weighted by Gasteiger charge is 2.38. The molecule has 1 heterocycles. The monoisotopic (exact) mass is 498 g/mol. The second-order valence-electron chi connectivity index (χ2n) is 8.87. The average molecular weight is 499 g/mol. The minimum Gasteiger partial charge on any atom is -0.497 e. The lowest BCUT2D eigenvalue weighted by Gasteiger charge is -2.31. The van der Waals surface area contributed by atoms with Gasteiger partial charge in [-0.15, -0.1) is 0 Å². The number of likely N-dealkylation sites (N-methyl/N-ethyl adjacent to an activating group) is 1. The van der Waals surface area contributed by atoms with Gasteiger partial charge in [0.1, 0.15) is 18.0 Å². The van der Waals surface area contributed by atoms with Gasteiger partial charge in [-0.25, -0.2) is 4.39 Å². The highest BCUT2D eigenvalue weighted by atomic mass is 19.1. The van der Waals surface area contributed by atoms with Gasteiger partial charge in [0, 0.05) is 37.9 Å². The molecule has 1 saturated heterocycles. The fourth-order valence-electron chi connectivity index (χ4n) is 4.46. The minimum atomic E-state index is -1.15. The van der Waals surface area contributed by atoms with E-state index in [9.17, 15) is 18.8 Å². The Morgan fingerprint density at radius 1 is 1.08 bits per heavy atom. The standard InChI is InChI=1S/C27H35FN4O4/c1-5-31(6-2)26(34)23(24(29)27(35)32-16-15-20(28)17-32)18-7-11-21(12-8-18)30(3)25(33)19-9-13-22(36-4)14-10-19/h7-14,20,23-24H,5-6,15-17,29H2,1-4H3/t20-,23-,24-/m0/s1. The number of hydrogen-bond acceptors (Lipinski definition) is 5. The third kappa shape index (κ3) is 5.84. The number of methoxy groups -OCH3 is 1. The van der Waals surface area contributed by atoms with Crippen LogP contribution >= 0.6 is 0 Å². The van der Waals surface area contributed by atoms with E-state index in [2.05, 4.69) is 0 Å². The van der Waals surface area contributed by atoms with E-state index in [-0.39, 0.29) is 31.3 Å². The van der Waals surface area contributed by atoms with Crippen LogP contribution in [0.2, 0.25) is 0 Å². The molecule has 0 aliphatic carbocycles. The van der Waals surface area contributed by atoms with Crippen LogP contribution in [0.3, 0.4) is 0 Å². The molecule has 0 bridgehead atoms. The van der Waals surface area contributed by atoms with Gasteiger partial charge < -0.3 is 25.2 Å². The number of ether oxygens (including phenoxy) is 1. The third-order valence-electron chi connectivity index (χ3n) is 6.71. The molecule has 0 radical (unpaired) electrons. The van der Waals surface area contributed by atoms with Gasteiger partial charge in [0.15, 0.2) is 0 Å². The first-order valence-corrected chi connectivity index (χ1v) is 12.2. The summed E-state index contributed by atoms with van der Waals surface area (Å²) in [7, 11) is 3.22. The molecule has 2 N–H and O–H groups in total. The average Bonchev–Trinajstić information content (AvgIpc) is 3.34. The predicted molar refractivity (Wildman–Crippen MR) is 137 cm³/mol.